The van der Waals surface area contributed by atoms with Gasteiger partial charge in [0.05, 0.1) is 6.26 Å². The largest absolute Gasteiger partial charge is 0.326 e. The number of H-pyrrole nitrogens is 1. The van der Waals surface area contributed by atoms with Crippen molar-refractivity contribution in [3.63, 3.8) is 0 Å². The van der Waals surface area contributed by atoms with Crippen molar-refractivity contribution < 1.29 is 8.42 Å². The van der Waals surface area contributed by atoms with E-state index in [1.807, 2.05) is 6.07 Å². The van der Waals surface area contributed by atoms with E-state index in [9.17, 15) is 13.2 Å². The zero-order valence-corrected chi connectivity index (χ0v) is 13.5. The molecule has 1 aromatic rings. The topological polar surface area (TPSA) is 70.2 Å². The number of hydrogen-bond donors (Lipinski definition) is 1. The molecule has 0 saturated heterocycles. The summed E-state index contributed by atoms with van der Waals surface area (Å²) in [6.45, 7) is 5.80. The maximum Gasteiger partial charge on any atom is 0.252 e. The summed E-state index contributed by atoms with van der Waals surface area (Å²) in [5.41, 5.74) is 1.17. The van der Waals surface area contributed by atoms with Gasteiger partial charge >= 0.3 is 0 Å². The molecule has 114 valence electrons. The van der Waals surface area contributed by atoms with Gasteiger partial charge in [0.15, 0.2) is 0 Å². The highest BCUT2D eigenvalue weighted by atomic mass is 32.2. The maximum atomic E-state index is 12.0. The number of pyridine rings is 1. The van der Waals surface area contributed by atoms with Crippen LogP contribution in [-0.2, 0) is 23.0 Å². The Labute approximate surface area is 121 Å². The van der Waals surface area contributed by atoms with Crippen molar-refractivity contribution in [3.05, 3.63) is 33.7 Å². The molecule has 1 N–H and O–H groups in total. The number of hydrogen-bond acceptors (Lipinski definition) is 3. The molecule has 0 aliphatic heterocycles. The monoisotopic (exact) mass is 300 g/mol. The van der Waals surface area contributed by atoms with Crippen LogP contribution in [-0.4, -0.2) is 30.0 Å². The van der Waals surface area contributed by atoms with E-state index < -0.39 is 10.0 Å². The van der Waals surface area contributed by atoms with E-state index in [4.69, 9.17) is 0 Å². The summed E-state index contributed by atoms with van der Waals surface area (Å²) < 4.78 is 24.7. The van der Waals surface area contributed by atoms with E-state index in [2.05, 4.69) is 11.9 Å². The van der Waals surface area contributed by atoms with Crippen molar-refractivity contribution in [2.45, 2.75) is 52.6 Å². The molecule has 1 heterocycles. The Morgan fingerprint density at radius 1 is 1.30 bits per heavy atom. The van der Waals surface area contributed by atoms with E-state index in [1.165, 1.54) is 4.31 Å². The van der Waals surface area contributed by atoms with Crippen LogP contribution in [0.3, 0.4) is 0 Å². The lowest BCUT2D eigenvalue weighted by molar-refractivity contribution is 0.350. The van der Waals surface area contributed by atoms with Crippen molar-refractivity contribution in [1.82, 2.24) is 9.29 Å². The Balaban J connectivity index is 2.95. The van der Waals surface area contributed by atoms with Gasteiger partial charge in [-0.25, -0.2) is 8.42 Å². The predicted octanol–water partition coefficient (Wildman–Crippen LogP) is 1.89. The Morgan fingerprint density at radius 3 is 2.40 bits per heavy atom. The second-order valence-corrected chi connectivity index (χ2v) is 7.28. The summed E-state index contributed by atoms with van der Waals surface area (Å²) in [5.74, 6) is 0. The minimum absolute atomic E-state index is 0.111. The quantitative estimate of drug-likeness (QED) is 0.836. The standard InChI is InChI=1S/C14H24N2O3S/c1-5-6-7-13-9-8-12(14(17)15-13)10-16(11(2)3)20(4,18)19/h8-9,11H,5-7,10H2,1-4H3,(H,15,17). The lowest BCUT2D eigenvalue weighted by atomic mass is 10.1. The van der Waals surface area contributed by atoms with Crippen LogP contribution in [0.4, 0.5) is 0 Å². The summed E-state index contributed by atoms with van der Waals surface area (Å²) in [5, 5.41) is 0. The molecule has 0 atom stereocenters. The number of nitrogens with one attached hydrogen (secondary N) is 1. The lowest BCUT2D eigenvalue weighted by Gasteiger charge is -2.23. The van der Waals surface area contributed by atoms with Crippen LogP contribution in [0, 0.1) is 0 Å². The molecular formula is C14H24N2O3S. The molecule has 0 radical (unpaired) electrons. The zero-order valence-electron chi connectivity index (χ0n) is 12.6. The first-order valence-electron chi connectivity index (χ1n) is 6.93. The number of aryl methyl sites for hydroxylation is 1. The van der Waals surface area contributed by atoms with Crippen LogP contribution in [0.5, 0.6) is 0 Å². The number of rotatable bonds is 7. The summed E-state index contributed by atoms with van der Waals surface area (Å²) >= 11 is 0. The first kappa shape index (κ1) is 16.9. The molecule has 0 amide bonds. The molecule has 0 fully saturated rings. The van der Waals surface area contributed by atoms with Gasteiger partial charge in [-0.3, -0.25) is 4.79 Å². The Bertz CT molecular complexity index is 591. The van der Waals surface area contributed by atoms with Gasteiger partial charge in [0.1, 0.15) is 0 Å². The fourth-order valence-electron chi connectivity index (χ4n) is 2.03. The number of aromatic amines is 1. The van der Waals surface area contributed by atoms with E-state index >= 15 is 0 Å². The van der Waals surface area contributed by atoms with Crippen LogP contribution in [0.2, 0.25) is 0 Å². The van der Waals surface area contributed by atoms with E-state index in [0.717, 1.165) is 31.2 Å². The van der Waals surface area contributed by atoms with Crippen LogP contribution in [0.15, 0.2) is 16.9 Å². The average molecular weight is 300 g/mol. The highest BCUT2D eigenvalue weighted by molar-refractivity contribution is 7.88. The fraction of sp³-hybridized carbons (Fsp3) is 0.643. The average Bonchev–Trinajstić information content (AvgIpc) is 2.33. The third-order valence-corrected chi connectivity index (χ3v) is 4.58. The van der Waals surface area contributed by atoms with Gasteiger partial charge in [0, 0.05) is 23.8 Å². The van der Waals surface area contributed by atoms with Crippen LogP contribution >= 0.6 is 0 Å². The normalized spacial score (nSPS) is 12.3. The van der Waals surface area contributed by atoms with Crippen molar-refractivity contribution in [2.24, 2.45) is 0 Å². The van der Waals surface area contributed by atoms with Gasteiger partial charge < -0.3 is 4.98 Å². The van der Waals surface area contributed by atoms with E-state index in [1.54, 1.807) is 19.9 Å². The molecule has 0 unspecified atom stereocenters. The Kier molecular flexibility index (Phi) is 5.95. The molecule has 20 heavy (non-hydrogen) atoms. The maximum absolute atomic E-state index is 12.0. The molecule has 0 spiro atoms. The number of aromatic nitrogens is 1. The first-order chi connectivity index (χ1) is 9.25. The minimum Gasteiger partial charge on any atom is -0.326 e. The number of sulfonamides is 1. The lowest BCUT2D eigenvalue weighted by Crippen LogP contribution is -2.37. The van der Waals surface area contributed by atoms with Gasteiger partial charge in [-0.05, 0) is 32.8 Å². The second kappa shape index (κ2) is 7.04. The third-order valence-electron chi connectivity index (χ3n) is 3.18. The van der Waals surface area contributed by atoms with Crippen molar-refractivity contribution in [2.75, 3.05) is 6.26 Å². The van der Waals surface area contributed by atoms with Gasteiger partial charge in [-0.15, -0.1) is 0 Å². The summed E-state index contributed by atoms with van der Waals surface area (Å²) in [6, 6.07) is 3.42. The molecule has 0 bridgehead atoms. The highest BCUT2D eigenvalue weighted by Crippen LogP contribution is 2.10. The molecule has 1 aromatic heterocycles. The summed E-state index contributed by atoms with van der Waals surface area (Å²) in [6.07, 6.45) is 4.10. The zero-order chi connectivity index (χ0) is 15.3. The molecule has 5 nitrogen and oxygen atoms in total. The van der Waals surface area contributed by atoms with Gasteiger partial charge in [-0.1, -0.05) is 19.4 Å². The molecule has 0 aliphatic rings. The van der Waals surface area contributed by atoms with Gasteiger partial charge in [0.25, 0.3) is 5.56 Å². The predicted molar refractivity (Wildman–Crippen MR) is 81.2 cm³/mol. The van der Waals surface area contributed by atoms with Crippen molar-refractivity contribution in [1.29, 1.82) is 0 Å². The Morgan fingerprint density at radius 2 is 1.95 bits per heavy atom. The van der Waals surface area contributed by atoms with Gasteiger partial charge in [-0.2, -0.15) is 4.31 Å². The minimum atomic E-state index is -3.32. The first-order valence-corrected chi connectivity index (χ1v) is 8.78. The van der Waals surface area contributed by atoms with E-state index in [0.29, 0.717) is 5.56 Å². The SMILES string of the molecule is CCCCc1ccc(CN(C(C)C)S(C)(=O)=O)c(=O)[nH]1. The molecule has 6 heteroatoms. The Hall–Kier alpha value is -1.14. The van der Waals surface area contributed by atoms with Crippen LogP contribution < -0.4 is 5.56 Å². The van der Waals surface area contributed by atoms with Crippen LogP contribution in [0.25, 0.3) is 0 Å². The third kappa shape index (κ3) is 4.76. The fourth-order valence-corrected chi connectivity index (χ4v) is 3.17. The molecule has 0 saturated carbocycles. The summed E-state index contributed by atoms with van der Waals surface area (Å²) in [7, 11) is -3.32. The molecule has 0 aliphatic carbocycles. The number of nitrogens with zero attached hydrogens (tertiary/aromatic N) is 1. The van der Waals surface area contributed by atoms with Crippen LogP contribution in [0.1, 0.15) is 44.9 Å². The number of unbranched alkanes of at least 4 members (excludes halogenated alkanes) is 1. The smallest absolute Gasteiger partial charge is 0.252 e. The molecule has 0 aromatic carbocycles. The molecular weight excluding hydrogens is 276 g/mol. The molecule has 1 rings (SSSR count). The highest BCUT2D eigenvalue weighted by Gasteiger charge is 2.21. The van der Waals surface area contributed by atoms with Crippen molar-refractivity contribution >= 4 is 10.0 Å². The van der Waals surface area contributed by atoms with Crippen molar-refractivity contribution in [3.8, 4) is 0 Å². The second-order valence-electron chi connectivity index (χ2n) is 5.34. The summed E-state index contributed by atoms with van der Waals surface area (Å²) in [4.78, 5) is 14.8. The van der Waals surface area contributed by atoms with Gasteiger partial charge in [0.2, 0.25) is 10.0 Å². The van der Waals surface area contributed by atoms with E-state index in [-0.39, 0.29) is 18.1 Å².